The van der Waals surface area contributed by atoms with Crippen molar-refractivity contribution in [2.75, 3.05) is 31.6 Å². The Kier molecular flexibility index (Phi) is 11.1. The Morgan fingerprint density at radius 3 is 2.91 bits per heavy atom. The van der Waals surface area contributed by atoms with E-state index in [2.05, 4.69) is 15.6 Å². The number of nitrogens with one attached hydrogen (secondary N) is 2. The molecule has 1 aliphatic heterocycles. The highest BCUT2D eigenvalue weighted by molar-refractivity contribution is 14.0. The maximum absolute atomic E-state index is 13.5. The summed E-state index contributed by atoms with van der Waals surface area (Å²) in [5, 5.41) is 7.40. The molecule has 2 rings (SSSR count). The predicted octanol–water partition coefficient (Wildman–Crippen LogP) is 3.74. The highest BCUT2D eigenvalue weighted by Crippen LogP contribution is 2.25. The first-order valence-electron chi connectivity index (χ1n) is 7.67. The largest absolute Gasteiger partial charge is 0.356 e. The van der Waals surface area contributed by atoms with Gasteiger partial charge in [-0.3, -0.25) is 4.99 Å². The van der Waals surface area contributed by atoms with Crippen molar-refractivity contribution in [3.63, 3.8) is 0 Å². The van der Waals surface area contributed by atoms with Gasteiger partial charge in [-0.15, -0.1) is 24.0 Å². The maximum atomic E-state index is 13.5. The Labute approximate surface area is 164 Å². The summed E-state index contributed by atoms with van der Waals surface area (Å²) in [5.41, 5.74) is 0.772. The summed E-state index contributed by atoms with van der Waals surface area (Å²) in [6.07, 6.45) is 2.63. The van der Waals surface area contributed by atoms with Crippen molar-refractivity contribution in [3.8, 4) is 0 Å². The van der Waals surface area contributed by atoms with Gasteiger partial charge in [0.15, 0.2) is 5.96 Å². The zero-order valence-corrected chi connectivity index (χ0v) is 17.3. The van der Waals surface area contributed by atoms with Crippen LogP contribution >= 0.6 is 47.5 Å². The molecule has 1 saturated heterocycles. The molecule has 1 aromatic carbocycles. The average Bonchev–Trinajstić information content (AvgIpc) is 3.05. The number of aliphatic imine (C=N–C) groups is 1. The Morgan fingerprint density at radius 2 is 2.22 bits per heavy atom. The van der Waals surface area contributed by atoms with Gasteiger partial charge in [0, 0.05) is 36.9 Å². The van der Waals surface area contributed by atoms with Gasteiger partial charge in [-0.2, -0.15) is 23.5 Å². The topological polar surface area (TPSA) is 36.4 Å². The van der Waals surface area contributed by atoms with E-state index in [4.69, 9.17) is 0 Å². The monoisotopic (exact) mass is 469 g/mol. The molecule has 0 aromatic heterocycles. The van der Waals surface area contributed by atoms with Gasteiger partial charge in [0.1, 0.15) is 5.82 Å². The zero-order chi connectivity index (χ0) is 15.6. The van der Waals surface area contributed by atoms with E-state index in [1.807, 2.05) is 23.9 Å². The van der Waals surface area contributed by atoms with Crippen molar-refractivity contribution in [2.45, 2.75) is 23.8 Å². The normalized spacial score (nSPS) is 17.7. The lowest BCUT2D eigenvalue weighted by atomic mass is 10.2. The second-order valence-electron chi connectivity index (χ2n) is 5.16. The van der Waals surface area contributed by atoms with Crippen LogP contribution < -0.4 is 10.6 Å². The molecule has 0 saturated carbocycles. The van der Waals surface area contributed by atoms with Gasteiger partial charge in [-0.1, -0.05) is 18.2 Å². The van der Waals surface area contributed by atoms with E-state index < -0.39 is 0 Å². The van der Waals surface area contributed by atoms with Gasteiger partial charge in [0.05, 0.1) is 0 Å². The second kappa shape index (κ2) is 12.2. The van der Waals surface area contributed by atoms with E-state index in [0.717, 1.165) is 30.4 Å². The van der Waals surface area contributed by atoms with E-state index in [-0.39, 0.29) is 29.8 Å². The molecular weight excluding hydrogens is 444 g/mol. The second-order valence-corrected chi connectivity index (χ2v) is 7.67. The summed E-state index contributed by atoms with van der Waals surface area (Å²) in [7, 11) is 1.80. The summed E-state index contributed by atoms with van der Waals surface area (Å²) >= 11 is 3.77. The SMILES string of the molecule is CN=C(NCCSCc1ccccc1F)NCC1CCCS1.I. The molecule has 1 fully saturated rings. The molecule has 1 aromatic rings. The van der Waals surface area contributed by atoms with E-state index >= 15 is 0 Å². The smallest absolute Gasteiger partial charge is 0.191 e. The van der Waals surface area contributed by atoms with Crippen molar-refractivity contribution in [1.29, 1.82) is 0 Å². The van der Waals surface area contributed by atoms with Crippen molar-refractivity contribution in [2.24, 2.45) is 4.99 Å². The number of benzene rings is 1. The fraction of sp³-hybridized carbons (Fsp3) is 0.562. The fourth-order valence-electron chi connectivity index (χ4n) is 2.28. The number of rotatable bonds is 7. The summed E-state index contributed by atoms with van der Waals surface area (Å²) < 4.78 is 13.5. The molecule has 130 valence electrons. The van der Waals surface area contributed by atoms with Crippen LogP contribution in [0.1, 0.15) is 18.4 Å². The Bertz CT molecular complexity index is 482. The molecule has 0 bridgehead atoms. The standard InChI is InChI=1S/C16H24FN3S2.HI/c1-18-16(20-11-14-6-4-9-22-14)19-8-10-21-12-13-5-2-3-7-15(13)17;/h2-3,5,7,14H,4,6,8-12H2,1H3,(H2,18,19,20);1H. The fourth-order valence-corrected chi connectivity index (χ4v) is 4.32. The number of thioether (sulfide) groups is 2. The minimum Gasteiger partial charge on any atom is -0.356 e. The summed E-state index contributed by atoms with van der Waals surface area (Å²) in [6.45, 7) is 1.81. The molecule has 1 unspecified atom stereocenters. The highest BCUT2D eigenvalue weighted by Gasteiger charge is 2.15. The number of hydrogen-bond donors (Lipinski definition) is 2. The molecule has 2 N–H and O–H groups in total. The number of guanidine groups is 1. The number of nitrogens with zero attached hydrogens (tertiary/aromatic N) is 1. The molecule has 7 heteroatoms. The van der Waals surface area contributed by atoms with Crippen LogP contribution in [0, 0.1) is 5.82 Å². The van der Waals surface area contributed by atoms with Crippen molar-refractivity contribution in [3.05, 3.63) is 35.6 Å². The maximum Gasteiger partial charge on any atom is 0.191 e. The molecule has 0 amide bonds. The lowest BCUT2D eigenvalue weighted by molar-refractivity contribution is 0.617. The number of halogens is 2. The molecule has 1 heterocycles. The predicted molar refractivity (Wildman–Crippen MR) is 113 cm³/mol. The highest BCUT2D eigenvalue weighted by atomic mass is 127. The quantitative estimate of drug-likeness (QED) is 0.276. The molecule has 1 aliphatic rings. The van der Waals surface area contributed by atoms with Gasteiger partial charge < -0.3 is 10.6 Å². The van der Waals surface area contributed by atoms with Crippen molar-refractivity contribution < 1.29 is 4.39 Å². The van der Waals surface area contributed by atoms with E-state index in [0.29, 0.717) is 11.0 Å². The molecule has 1 atom stereocenters. The van der Waals surface area contributed by atoms with Crippen LogP contribution in [0.2, 0.25) is 0 Å². The third-order valence-electron chi connectivity index (χ3n) is 3.50. The van der Waals surface area contributed by atoms with Crippen LogP contribution in [-0.2, 0) is 5.75 Å². The van der Waals surface area contributed by atoms with Crippen LogP contribution in [0.5, 0.6) is 0 Å². The summed E-state index contributed by atoms with van der Waals surface area (Å²) in [5.74, 6) is 3.66. The summed E-state index contributed by atoms with van der Waals surface area (Å²) in [4.78, 5) is 4.23. The van der Waals surface area contributed by atoms with Crippen molar-refractivity contribution in [1.82, 2.24) is 10.6 Å². The zero-order valence-electron chi connectivity index (χ0n) is 13.4. The summed E-state index contributed by atoms with van der Waals surface area (Å²) in [6, 6.07) is 6.96. The lowest BCUT2D eigenvalue weighted by Gasteiger charge is -2.14. The molecule has 0 aliphatic carbocycles. The van der Waals surface area contributed by atoms with Gasteiger partial charge in [0.2, 0.25) is 0 Å². The van der Waals surface area contributed by atoms with E-state index in [1.165, 1.54) is 24.7 Å². The Hall–Kier alpha value is -0.150. The van der Waals surface area contributed by atoms with Crippen molar-refractivity contribution >= 4 is 53.5 Å². The molecule has 0 radical (unpaired) electrons. The van der Waals surface area contributed by atoms with E-state index in [1.54, 1.807) is 24.9 Å². The Balaban J connectivity index is 0.00000264. The van der Waals surface area contributed by atoms with Crippen LogP contribution in [-0.4, -0.2) is 42.9 Å². The molecule has 0 spiro atoms. The van der Waals surface area contributed by atoms with Crippen LogP contribution in [0.3, 0.4) is 0 Å². The van der Waals surface area contributed by atoms with Crippen LogP contribution in [0.15, 0.2) is 29.3 Å². The first-order valence-corrected chi connectivity index (χ1v) is 9.87. The molecule has 3 nitrogen and oxygen atoms in total. The van der Waals surface area contributed by atoms with Gasteiger partial charge in [-0.05, 0) is 30.2 Å². The van der Waals surface area contributed by atoms with E-state index in [9.17, 15) is 4.39 Å². The van der Waals surface area contributed by atoms with Crippen LogP contribution in [0.25, 0.3) is 0 Å². The lowest BCUT2D eigenvalue weighted by Crippen LogP contribution is -2.41. The minimum atomic E-state index is -0.116. The van der Waals surface area contributed by atoms with Gasteiger partial charge >= 0.3 is 0 Å². The first-order chi connectivity index (χ1) is 10.8. The molecule has 23 heavy (non-hydrogen) atoms. The minimum absolute atomic E-state index is 0. The third kappa shape index (κ3) is 7.98. The van der Waals surface area contributed by atoms with Gasteiger partial charge in [0.25, 0.3) is 0 Å². The Morgan fingerprint density at radius 1 is 1.39 bits per heavy atom. The van der Waals surface area contributed by atoms with Crippen LogP contribution in [0.4, 0.5) is 4.39 Å². The number of hydrogen-bond acceptors (Lipinski definition) is 3. The average molecular weight is 469 g/mol. The third-order valence-corrected chi connectivity index (χ3v) is 5.91. The molecular formula is C16H25FIN3S2. The van der Waals surface area contributed by atoms with Gasteiger partial charge in [-0.25, -0.2) is 4.39 Å². The first kappa shape index (κ1) is 20.9.